The van der Waals surface area contributed by atoms with Crippen LogP contribution < -0.4 is 0 Å². The molecule has 150 valence electrons. The Kier molecular flexibility index (Phi) is 3.86. The molecule has 3 aliphatic rings. The molecule has 6 rings (SSSR count). The number of hydrogen-bond acceptors (Lipinski definition) is 4. The number of aromatic nitrogens is 4. The van der Waals surface area contributed by atoms with Crippen molar-refractivity contribution in [2.45, 2.75) is 69.1 Å². The zero-order valence-corrected chi connectivity index (χ0v) is 16.1. The molecule has 29 heavy (non-hydrogen) atoms. The van der Waals surface area contributed by atoms with E-state index >= 15 is 0 Å². The van der Waals surface area contributed by atoms with Crippen LogP contribution in [0.15, 0.2) is 22.6 Å². The van der Waals surface area contributed by atoms with Crippen molar-refractivity contribution in [3.63, 3.8) is 0 Å². The molecule has 7 heteroatoms. The number of benzene rings is 1. The van der Waals surface area contributed by atoms with Gasteiger partial charge in [0.25, 0.3) is 5.89 Å². The van der Waals surface area contributed by atoms with E-state index in [2.05, 4.69) is 10.2 Å². The van der Waals surface area contributed by atoms with Crippen LogP contribution in [-0.2, 0) is 0 Å². The summed E-state index contributed by atoms with van der Waals surface area (Å²) in [7, 11) is 0. The molecule has 5 nitrogen and oxygen atoms in total. The van der Waals surface area contributed by atoms with Gasteiger partial charge < -0.3 is 4.42 Å². The Bertz CT molecular complexity index is 1080. The molecule has 3 aliphatic carbocycles. The van der Waals surface area contributed by atoms with Crippen LogP contribution in [0, 0.1) is 11.6 Å². The second-order valence-corrected chi connectivity index (χ2v) is 8.64. The minimum atomic E-state index is -0.613. The summed E-state index contributed by atoms with van der Waals surface area (Å²) in [5.41, 5.74) is 3.09. The van der Waals surface area contributed by atoms with Gasteiger partial charge in [0.15, 0.2) is 11.5 Å². The third kappa shape index (κ3) is 2.66. The van der Waals surface area contributed by atoms with E-state index in [0.29, 0.717) is 35.2 Å². The Morgan fingerprint density at radius 3 is 2.59 bits per heavy atom. The monoisotopic (exact) mass is 396 g/mol. The Labute approximate surface area is 167 Å². The SMILES string of the molecule is Fc1ccc(-n2nc(-c3nnc(C4CCCCC4)o3)c3c2C2CCC3C2)c(F)c1. The summed E-state index contributed by atoms with van der Waals surface area (Å²) in [5, 5.41) is 13.4. The first-order valence-corrected chi connectivity index (χ1v) is 10.6. The van der Waals surface area contributed by atoms with Crippen LogP contribution >= 0.6 is 0 Å². The minimum absolute atomic E-state index is 0.272. The molecule has 2 fully saturated rings. The quantitative estimate of drug-likeness (QED) is 0.577. The van der Waals surface area contributed by atoms with Crippen molar-refractivity contribution in [2.75, 3.05) is 0 Å². The zero-order chi connectivity index (χ0) is 19.5. The van der Waals surface area contributed by atoms with Crippen LogP contribution in [0.1, 0.15) is 86.3 Å². The maximum absolute atomic E-state index is 14.6. The maximum Gasteiger partial charge on any atom is 0.268 e. The van der Waals surface area contributed by atoms with Crippen LogP contribution in [0.3, 0.4) is 0 Å². The van der Waals surface area contributed by atoms with Crippen molar-refractivity contribution in [3.05, 3.63) is 47.0 Å². The van der Waals surface area contributed by atoms with Gasteiger partial charge in [-0.25, -0.2) is 13.5 Å². The molecule has 1 aromatic carbocycles. The highest BCUT2D eigenvalue weighted by Crippen LogP contribution is 2.56. The summed E-state index contributed by atoms with van der Waals surface area (Å²) >= 11 is 0. The second-order valence-electron chi connectivity index (χ2n) is 8.64. The molecule has 2 heterocycles. The topological polar surface area (TPSA) is 56.7 Å². The molecule has 2 bridgehead atoms. The summed E-state index contributed by atoms with van der Waals surface area (Å²) in [6.45, 7) is 0. The minimum Gasteiger partial charge on any atom is -0.419 e. The lowest BCUT2D eigenvalue weighted by Crippen LogP contribution is -2.07. The summed E-state index contributed by atoms with van der Waals surface area (Å²) < 4.78 is 35.7. The van der Waals surface area contributed by atoms with Crippen molar-refractivity contribution in [1.82, 2.24) is 20.0 Å². The maximum atomic E-state index is 14.6. The zero-order valence-electron chi connectivity index (χ0n) is 16.1. The molecule has 3 aromatic rings. The summed E-state index contributed by atoms with van der Waals surface area (Å²) in [5.74, 6) is 0.985. The lowest BCUT2D eigenvalue weighted by atomic mass is 9.89. The first kappa shape index (κ1) is 17.3. The smallest absolute Gasteiger partial charge is 0.268 e. The molecule has 0 amide bonds. The first-order valence-electron chi connectivity index (χ1n) is 10.6. The van der Waals surface area contributed by atoms with E-state index in [9.17, 15) is 8.78 Å². The molecule has 0 aliphatic heterocycles. The van der Waals surface area contributed by atoms with E-state index in [1.54, 1.807) is 4.68 Å². The van der Waals surface area contributed by atoms with Crippen LogP contribution in [-0.4, -0.2) is 20.0 Å². The fourth-order valence-corrected chi connectivity index (χ4v) is 5.57. The van der Waals surface area contributed by atoms with Gasteiger partial charge in [-0.05, 0) is 50.2 Å². The summed E-state index contributed by atoms with van der Waals surface area (Å²) in [6, 6.07) is 3.63. The van der Waals surface area contributed by atoms with Crippen LogP contribution in [0.2, 0.25) is 0 Å². The molecule has 0 saturated heterocycles. The average Bonchev–Trinajstić information content (AvgIpc) is 3.50. The van der Waals surface area contributed by atoms with E-state index in [0.717, 1.165) is 49.4 Å². The fourth-order valence-electron chi connectivity index (χ4n) is 5.57. The predicted octanol–water partition coefficient (Wildman–Crippen LogP) is 5.61. The van der Waals surface area contributed by atoms with Gasteiger partial charge >= 0.3 is 0 Å². The van der Waals surface area contributed by atoms with E-state index in [1.807, 2.05) is 0 Å². The van der Waals surface area contributed by atoms with E-state index in [1.165, 1.54) is 31.4 Å². The van der Waals surface area contributed by atoms with E-state index in [4.69, 9.17) is 9.52 Å². The number of halogens is 2. The van der Waals surface area contributed by atoms with Gasteiger partial charge in [0.05, 0.1) is 5.69 Å². The largest absolute Gasteiger partial charge is 0.419 e. The van der Waals surface area contributed by atoms with E-state index < -0.39 is 11.6 Å². The van der Waals surface area contributed by atoms with Crippen LogP contribution in [0.4, 0.5) is 8.78 Å². The fraction of sp³-hybridized carbons (Fsp3) is 0.500. The first-order chi connectivity index (χ1) is 14.2. The van der Waals surface area contributed by atoms with Crippen molar-refractivity contribution in [3.8, 4) is 17.3 Å². The number of nitrogens with zero attached hydrogens (tertiary/aromatic N) is 4. The summed E-state index contributed by atoms with van der Waals surface area (Å²) in [6.07, 6.45) is 9.04. The second kappa shape index (κ2) is 6.47. The Balaban J connectivity index is 1.46. The van der Waals surface area contributed by atoms with Gasteiger partial charge in [0, 0.05) is 23.5 Å². The number of rotatable bonds is 3. The van der Waals surface area contributed by atoms with Gasteiger partial charge in [0.2, 0.25) is 5.89 Å². The highest BCUT2D eigenvalue weighted by Gasteiger charge is 2.44. The molecule has 2 unspecified atom stereocenters. The molecule has 2 saturated carbocycles. The molecule has 0 radical (unpaired) electrons. The lowest BCUT2D eigenvalue weighted by molar-refractivity contribution is 0.366. The molecule has 2 atom stereocenters. The highest BCUT2D eigenvalue weighted by molar-refractivity contribution is 5.61. The molecular weight excluding hydrogens is 374 g/mol. The van der Waals surface area contributed by atoms with Crippen molar-refractivity contribution < 1.29 is 13.2 Å². The van der Waals surface area contributed by atoms with Crippen LogP contribution in [0.5, 0.6) is 0 Å². The number of hydrogen-bond donors (Lipinski definition) is 0. The number of fused-ring (bicyclic) bond motifs is 5. The van der Waals surface area contributed by atoms with Gasteiger partial charge in [-0.15, -0.1) is 10.2 Å². The molecule has 2 aromatic heterocycles. The standard InChI is InChI=1S/C22H22F2N4O/c23-15-8-9-17(16(24)11-15)28-20-14-7-6-13(10-14)18(20)19(27-28)22-26-25-21(29-22)12-4-2-1-3-5-12/h8-9,11-14H,1-7,10H2. The Morgan fingerprint density at radius 1 is 0.931 bits per heavy atom. The molecule has 0 N–H and O–H groups in total. The van der Waals surface area contributed by atoms with Crippen LogP contribution in [0.25, 0.3) is 17.3 Å². The highest BCUT2D eigenvalue weighted by atomic mass is 19.1. The predicted molar refractivity (Wildman–Crippen MR) is 102 cm³/mol. The van der Waals surface area contributed by atoms with Crippen molar-refractivity contribution >= 4 is 0 Å². The average molecular weight is 396 g/mol. The molecule has 0 spiro atoms. The lowest BCUT2D eigenvalue weighted by Gasteiger charge is -2.17. The van der Waals surface area contributed by atoms with Crippen molar-refractivity contribution in [2.24, 2.45) is 0 Å². The summed E-state index contributed by atoms with van der Waals surface area (Å²) in [4.78, 5) is 0. The Hall–Kier alpha value is -2.57. The van der Waals surface area contributed by atoms with E-state index in [-0.39, 0.29) is 5.69 Å². The Morgan fingerprint density at radius 2 is 1.76 bits per heavy atom. The third-order valence-electron chi connectivity index (χ3n) is 6.92. The van der Waals surface area contributed by atoms with Gasteiger partial charge in [-0.2, -0.15) is 5.10 Å². The van der Waals surface area contributed by atoms with Gasteiger partial charge in [-0.3, -0.25) is 0 Å². The van der Waals surface area contributed by atoms with Crippen molar-refractivity contribution in [1.29, 1.82) is 0 Å². The molecular formula is C22H22F2N4O. The van der Waals surface area contributed by atoms with Gasteiger partial charge in [-0.1, -0.05) is 19.3 Å². The van der Waals surface area contributed by atoms with Gasteiger partial charge in [0.1, 0.15) is 11.5 Å². The normalized spacial score (nSPS) is 23.7. The third-order valence-corrected chi connectivity index (χ3v) is 6.92.